The van der Waals surface area contributed by atoms with Gasteiger partial charge >= 0.3 is 0 Å². The van der Waals surface area contributed by atoms with Crippen LogP contribution in [0.3, 0.4) is 0 Å². The molecule has 1 unspecified atom stereocenters. The van der Waals surface area contributed by atoms with Crippen LogP contribution in [0.25, 0.3) is 0 Å². The first kappa shape index (κ1) is 10.8. The summed E-state index contributed by atoms with van der Waals surface area (Å²) < 4.78 is 0. The van der Waals surface area contributed by atoms with Gasteiger partial charge in [-0.3, -0.25) is 0 Å². The van der Waals surface area contributed by atoms with Gasteiger partial charge in [0.1, 0.15) is 5.15 Å². The molecular formula is C8H14ClN3S. The molecule has 74 valence electrons. The molecule has 1 rings (SSSR count). The Morgan fingerprint density at radius 1 is 1.77 bits per heavy atom. The fourth-order valence-corrected chi connectivity index (χ4v) is 2.01. The van der Waals surface area contributed by atoms with Gasteiger partial charge in [-0.05, 0) is 6.42 Å². The van der Waals surface area contributed by atoms with Gasteiger partial charge in [-0.2, -0.15) is 0 Å². The molecule has 5 heteroatoms. The van der Waals surface area contributed by atoms with E-state index in [-0.39, 0.29) is 0 Å². The molecule has 0 saturated heterocycles. The summed E-state index contributed by atoms with van der Waals surface area (Å²) in [6.07, 6.45) is 2.18. The predicted molar refractivity (Wildman–Crippen MR) is 58.5 cm³/mol. The minimum atomic E-state index is 0.312. The third-order valence-electron chi connectivity index (χ3n) is 1.73. The van der Waals surface area contributed by atoms with Crippen molar-refractivity contribution in [3.05, 3.63) is 10.5 Å². The summed E-state index contributed by atoms with van der Waals surface area (Å²) in [5.41, 5.74) is 5.59. The fourth-order valence-electron chi connectivity index (χ4n) is 1.09. The van der Waals surface area contributed by atoms with Crippen molar-refractivity contribution in [2.45, 2.75) is 25.8 Å². The molecule has 0 bridgehead atoms. The molecule has 1 atom stereocenters. The topological polar surface area (TPSA) is 50.9 Å². The first-order valence-electron chi connectivity index (χ1n) is 4.34. The quantitative estimate of drug-likeness (QED) is 0.800. The van der Waals surface area contributed by atoms with Gasteiger partial charge in [0.2, 0.25) is 0 Å². The van der Waals surface area contributed by atoms with Gasteiger partial charge < -0.3 is 11.1 Å². The van der Waals surface area contributed by atoms with Gasteiger partial charge in [-0.1, -0.05) is 24.9 Å². The second-order valence-electron chi connectivity index (χ2n) is 2.84. The molecule has 3 nitrogen and oxygen atoms in total. The standard InChI is InChI=1S/C8H14ClN3S/c1-2-3-6(4-10)11-8-12-7(9)5-13-8/h5-6H,2-4,10H2,1H3,(H,11,12). The molecule has 0 aromatic carbocycles. The number of rotatable bonds is 5. The number of aromatic nitrogens is 1. The molecule has 3 N–H and O–H groups in total. The molecule has 1 heterocycles. The Morgan fingerprint density at radius 2 is 2.54 bits per heavy atom. The zero-order valence-electron chi connectivity index (χ0n) is 7.59. The molecule has 0 fully saturated rings. The Bertz CT molecular complexity index is 251. The van der Waals surface area contributed by atoms with E-state index in [0.717, 1.165) is 18.0 Å². The summed E-state index contributed by atoms with van der Waals surface area (Å²) in [4.78, 5) is 4.10. The number of nitrogens with two attached hydrogens (primary N) is 1. The molecule has 0 amide bonds. The monoisotopic (exact) mass is 219 g/mol. The lowest BCUT2D eigenvalue weighted by Crippen LogP contribution is -2.28. The minimum Gasteiger partial charge on any atom is -0.357 e. The number of nitrogens with one attached hydrogen (secondary N) is 1. The van der Waals surface area contributed by atoms with Crippen LogP contribution in [-0.2, 0) is 0 Å². The lowest BCUT2D eigenvalue weighted by molar-refractivity contribution is 0.648. The van der Waals surface area contributed by atoms with Gasteiger partial charge in [0.25, 0.3) is 0 Å². The summed E-state index contributed by atoms with van der Waals surface area (Å²) in [6, 6.07) is 0.312. The Kier molecular flexibility index (Phi) is 4.48. The van der Waals surface area contributed by atoms with Crippen molar-refractivity contribution in [2.75, 3.05) is 11.9 Å². The third-order valence-corrected chi connectivity index (χ3v) is 2.82. The molecule has 0 radical (unpaired) electrons. The number of hydrogen-bond acceptors (Lipinski definition) is 4. The van der Waals surface area contributed by atoms with E-state index < -0.39 is 0 Å². The molecule has 1 aromatic rings. The number of thiazole rings is 1. The van der Waals surface area contributed by atoms with Gasteiger partial charge in [-0.15, -0.1) is 11.3 Å². The zero-order valence-corrected chi connectivity index (χ0v) is 9.16. The molecule has 13 heavy (non-hydrogen) atoms. The summed E-state index contributed by atoms with van der Waals surface area (Å²) in [7, 11) is 0. The summed E-state index contributed by atoms with van der Waals surface area (Å²) in [6.45, 7) is 2.77. The van der Waals surface area contributed by atoms with Gasteiger partial charge in [-0.25, -0.2) is 4.98 Å². The second kappa shape index (κ2) is 5.42. The fraction of sp³-hybridized carbons (Fsp3) is 0.625. The van der Waals surface area contributed by atoms with E-state index in [2.05, 4.69) is 17.2 Å². The highest BCUT2D eigenvalue weighted by molar-refractivity contribution is 7.14. The average Bonchev–Trinajstić information content (AvgIpc) is 2.50. The van der Waals surface area contributed by atoms with Crippen LogP contribution >= 0.6 is 22.9 Å². The Morgan fingerprint density at radius 3 is 3.00 bits per heavy atom. The highest BCUT2D eigenvalue weighted by Crippen LogP contribution is 2.20. The van der Waals surface area contributed by atoms with Crippen LogP contribution in [0.5, 0.6) is 0 Å². The van der Waals surface area contributed by atoms with E-state index >= 15 is 0 Å². The predicted octanol–water partition coefficient (Wildman–Crippen LogP) is 2.34. The molecule has 0 aliphatic heterocycles. The SMILES string of the molecule is CCCC(CN)Nc1nc(Cl)cs1. The van der Waals surface area contributed by atoms with E-state index in [9.17, 15) is 0 Å². The molecule has 0 spiro atoms. The van der Waals surface area contributed by atoms with E-state index in [1.54, 1.807) is 0 Å². The van der Waals surface area contributed by atoms with Gasteiger partial charge in [0, 0.05) is 18.0 Å². The first-order valence-corrected chi connectivity index (χ1v) is 5.59. The maximum Gasteiger partial charge on any atom is 0.184 e. The largest absolute Gasteiger partial charge is 0.357 e. The Labute approximate surface area is 87.3 Å². The molecule has 0 aliphatic carbocycles. The lowest BCUT2D eigenvalue weighted by Gasteiger charge is -2.14. The van der Waals surface area contributed by atoms with Crippen molar-refractivity contribution in [3.63, 3.8) is 0 Å². The normalized spacial score (nSPS) is 12.8. The van der Waals surface area contributed by atoms with E-state index in [1.165, 1.54) is 11.3 Å². The average molecular weight is 220 g/mol. The van der Waals surface area contributed by atoms with Crippen LogP contribution in [0.2, 0.25) is 5.15 Å². The van der Waals surface area contributed by atoms with Crippen LogP contribution in [0.15, 0.2) is 5.38 Å². The maximum absolute atomic E-state index is 5.69. The van der Waals surface area contributed by atoms with E-state index in [0.29, 0.717) is 17.7 Å². The van der Waals surface area contributed by atoms with Gasteiger partial charge in [0.15, 0.2) is 5.13 Å². The van der Waals surface area contributed by atoms with E-state index in [4.69, 9.17) is 17.3 Å². The minimum absolute atomic E-state index is 0.312. The Hall–Kier alpha value is -0.320. The summed E-state index contributed by atoms with van der Waals surface area (Å²) >= 11 is 7.20. The van der Waals surface area contributed by atoms with Crippen LogP contribution in [0.1, 0.15) is 19.8 Å². The van der Waals surface area contributed by atoms with Crippen LogP contribution in [0, 0.1) is 0 Å². The van der Waals surface area contributed by atoms with E-state index in [1.807, 2.05) is 5.38 Å². The van der Waals surface area contributed by atoms with Gasteiger partial charge in [0.05, 0.1) is 0 Å². The highest BCUT2D eigenvalue weighted by atomic mass is 35.5. The lowest BCUT2D eigenvalue weighted by atomic mass is 10.2. The van der Waals surface area contributed by atoms with Crippen LogP contribution in [0.4, 0.5) is 5.13 Å². The van der Waals surface area contributed by atoms with Crippen molar-refractivity contribution in [2.24, 2.45) is 5.73 Å². The highest BCUT2D eigenvalue weighted by Gasteiger charge is 2.07. The molecule has 0 saturated carbocycles. The van der Waals surface area contributed by atoms with Crippen molar-refractivity contribution in [1.29, 1.82) is 0 Å². The smallest absolute Gasteiger partial charge is 0.184 e. The van der Waals surface area contributed by atoms with Crippen LogP contribution in [-0.4, -0.2) is 17.6 Å². The number of hydrogen-bond donors (Lipinski definition) is 2. The number of halogens is 1. The van der Waals surface area contributed by atoms with Crippen molar-refractivity contribution < 1.29 is 0 Å². The molecule has 1 aromatic heterocycles. The zero-order chi connectivity index (χ0) is 9.68. The van der Waals surface area contributed by atoms with Crippen molar-refractivity contribution >= 4 is 28.1 Å². The summed E-state index contributed by atoms with van der Waals surface area (Å²) in [5.74, 6) is 0. The third kappa shape index (κ3) is 3.50. The first-order chi connectivity index (χ1) is 6.26. The van der Waals surface area contributed by atoms with Crippen molar-refractivity contribution in [3.8, 4) is 0 Å². The molecular weight excluding hydrogens is 206 g/mol. The second-order valence-corrected chi connectivity index (χ2v) is 4.09. The van der Waals surface area contributed by atoms with Crippen LogP contribution < -0.4 is 11.1 Å². The number of nitrogens with zero attached hydrogens (tertiary/aromatic N) is 1. The summed E-state index contributed by atoms with van der Waals surface area (Å²) in [5, 5.41) is 6.45. The van der Waals surface area contributed by atoms with Crippen molar-refractivity contribution in [1.82, 2.24) is 4.98 Å². The Balaban J connectivity index is 2.46. The molecule has 0 aliphatic rings. The number of anilines is 1. The maximum atomic E-state index is 5.69.